The molecule has 2 saturated heterocycles. The SMILES string of the molecule is [2H]C[C@H]1O[C@@H](n2cc(C)c(=O)[nH]c2=O)[C@H](OC)[C@@H]1OP(C)(=O)C(F)(F)C[C@H]1O[C@@H](n2cc(C)c(=O)[nH]c2=O)[C@H](OC)[C@@H]1OP(OCC[N+]#[C-])N(C(C)C)C(C)C. The predicted molar refractivity (Wildman–Crippen MR) is 196 cm³/mol. The number of hydrogen-bond donors (Lipinski definition) is 2. The van der Waals surface area contributed by atoms with Crippen molar-refractivity contribution in [3.63, 3.8) is 0 Å². The highest BCUT2D eigenvalue weighted by atomic mass is 31.2. The van der Waals surface area contributed by atoms with Crippen molar-refractivity contribution < 1.29 is 47.2 Å². The van der Waals surface area contributed by atoms with Crippen LogP contribution in [-0.2, 0) is 37.1 Å². The van der Waals surface area contributed by atoms with Crippen LogP contribution >= 0.6 is 15.9 Å². The first kappa shape index (κ1) is 43.2. The number of nitrogens with one attached hydrogen (secondary N) is 2. The average molecular weight is 824 g/mol. The second kappa shape index (κ2) is 18.1. The van der Waals surface area contributed by atoms with Crippen LogP contribution in [0.15, 0.2) is 31.6 Å². The Morgan fingerprint density at radius 1 is 0.964 bits per heavy atom. The van der Waals surface area contributed by atoms with E-state index in [-0.39, 0.29) is 36.4 Å². The molecule has 2 aliphatic heterocycles. The standard InChI is InChI=1S/C33H50F2N6O12P2/c1-17(2)41(18(3)4)54(49-13-12-36-8)52-24-22(51-30(26(24)48-10)40-16-20(6)28(43)38-32(40)45)14-33(34,35)55(11,46)53-23-21(7)50-29(25(23)47-9)39-15-19(5)27(42)37-31(39)44/h15-18,21-26,29-30H,12-14H2,1-7,9-11H3,(H,37,42,44)(H,38,43,45)/t21-,22-,23-,24-,25-,26-,29-,30-,54?,55?/m1/s1/i7D. The molecule has 0 aliphatic carbocycles. The molecule has 55 heavy (non-hydrogen) atoms. The predicted octanol–water partition coefficient (Wildman–Crippen LogP) is 3.49. The first-order chi connectivity index (χ1) is 26.2. The van der Waals surface area contributed by atoms with Crippen LogP contribution in [0.4, 0.5) is 8.78 Å². The van der Waals surface area contributed by atoms with Crippen LogP contribution < -0.4 is 22.5 Å². The molecule has 2 aromatic heterocycles. The van der Waals surface area contributed by atoms with E-state index in [2.05, 4.69) is 14.8 Å². The number of aromatic amines is 2. The zero-order chi connectivity index (χ0) is 41.9. The van der Waals surface area contributed by atoms with Crippen LogP contribution in [0.2, 0.25) is 0 Å². The Labute approximate surface area is 319 Å². The van der Waals surface area contributed by atoms with E-state index in [1.54, 1.807) is 0 Å². The molecule has 2 unspecified atom stereocenters. The molecule has 10 atom stereocenters. The maximum atomic E-state index is 16.7. The Hall–Kier alpha value is -2.95. The number of H-pyrrole nitrogens is 2. The molecule has 0 saturated carbocycles. The summed E-state index contributed by atoms with van der Waals surface area (Å²) in [5.74, 6) is 0. The van der Waals surface area contributed by atoms with Crippen LogP contribution in [-0.4, -0.2) is 112 Å². The molecular weight excluding hydrogens is 772 g/mol. The number of nitrogens with zero attached hydrogens (tertiary/aromatic N) is 4. The van der Waals surface area contributed by atoms with E-state index in [9.17, 15) is 23.7 Å². The van der Waals surface area contributed by atoms with Gasteiger partial charge in [0.25, 0.3) is 27.0 Å². The molecule has 0 amide bonds. The summed E-state index contributed by atoms with van der Waals surface area (Å²) in [4.78, 5) is 57.6. The lowest BCUT2D eigenvalue weighted by atomic mass is 10.1. The molecular formula is C33H50F2N6O12P2. The number of methoxy groups -OCH3 is 2. The van der Waals surface area contributed by atoms with Gasteiger partial charge < -0.3 is 37.4 Å². The minimum absolute atomic E-state index is 0.0163. The largest absolute Gasteiger partial charge is 0.374 e. The molecule has 2 fully saturated rings. The summed E-state index contributed by atoms with van der Waals surface area (Å²) < 4.78 is 101. The number of halogens is 2. The van der Waals surface area contributed by atoms with Gasteiger partial charge in [-0.1, -0.05) is 0 Å². The van der Waals surface area contributed by atoms with Crippen LogP contribution in [0.5, 0.6) is 0 Å². The zero-order valence-corrected chi connectivity index (χ0v) is 33.9. The molecule has 4 heterocycles. The Morgan fingerprint density at radius 3 is 1.95 bits per heavy atom. The topological polar surface area (TPSA) is 199 Å². The number of aryl methyl sites for hydroxylation is 2. The molecule has 2 aromatic rings. The van der Waals surface area contributed by atoms with E-state index >= 15 is 8.78 Å². The van der Waals surface area contributed by atoms with E-state index < -0.39 is 106 Å². The van der Waals surface area contributed by atoms with Crippen molar-refractivity contribution >= 4 is 15.9 Å². The van der Waals surface area contributed by atoms with Gasteiger partial charge in [0.15, 0.2) is 12.5 Å². The smallest absolute Gasteiger partial charge is 0.330 e. The minimum Gasteiger partial charge on any atom is -0.374 e. The van der Waals surface area contributed by atoms with Gasteiger partial charge in [-0.05, 0) is 48.4 Å². The third-order valence-corrected chi connectivity index (χ3v) is 13.3. The van der Waals surface area contributed by atoms with E-state index in [0.29, 0.717) is 0 Å². The van der Waals surface area contributed by atoms with Gasteiger partial charge in [0.1, 0.15) is 31.0 Å². The second-order valence-corrected chi connectivity index (χ2v) is 17.8. The van der Waals surface area contributed by atoms with E-state index in [4.69, 9.17) is 40.5 Å². The third kappa shape index (κ3) is 9.61. The molecule has 18 nitrogen and oxygen atoms in total. The van der Waals surface area contributed by atoms with Crippen molar-refractivity contribution in [3.05, 3.63) is 76.6 Å². The van der Waals surface area contributed by atoms with Crippen molar-refractivity contribution in [2.45, 2.75) is 122 Å². The first-order valence-electron chi connectivity index (χ1n) is 18.1. The van der Waals surface area contributed by atoms with Crippen LogP contribution in [0.25, 0.3) is 4.85 Å². The van der Waals surface area contributed by atoms with Crippen molar-refractivity contribution in [1.29, 1.82) is 0 Å². The van der Waals surface area contributed by atoms with Gasteiger partial charge in [-0.2, -0.15) is 8.78 Å². The lowest BCUT2D eigenvalue weighted by Gasteiger charge is -2.38. The maximum absolute atomic E-state index is 16.7. The van der Waals surface area contributed by atoms with Gasteiger partial charge in [0, 0.05) is 57.9 Å². The monoisotopic (exact) mass is 823 g/mol. The van der Waals surface area contributed by atoms with Crippen molar-refractivity contribution in [2.75, 3.05) is 34.0 Å². The Morgan fingerprint density at radius 2 is 1.47 bits per heavy atom. The third-order valence-electron chi connectivity index (χ3n) is 9.18. The molecule has 4 rings (SSSR count). The lowest BCUT2D eigenvalue weighted by molar-refractivity contribution is -0.0747. The van der Waals surface area contributed by atoms with Gasteiger partial charge in [-0.25, -0.2) is 20.8 Å². The molecule has 0 spiro atoms. The van der Waals surface area contributed by atoms with Crippen molar-refractivity contribution in [3.8, 4) is 0 Å². The maximum Gasteiger partial charge on any atom is 0.330 e. The Balaban J connectivity index is 1.74. The summed E-state index contributed by atoms with van der Waals surface area (Å²) in [6.07, 6.45) is -10.2. The van der Waals surface area contributed by atoms with Crippen molar-refractivity contribution in [1.82, 2.24) is 23.8 Å². The summed E-state index contributed by atoms with van der Waals surface area (Å²) in [6, 6.07) is -0.372. The van der Waals surface area contributed by atoms with E-state index in [0.717, 1.165) is 15.8 Å². The van der Waals surface area contributed by atoms with E-state index in [1.807, 2.05) is 32.4 Å². The number of aromatic nitrogens is 4. The number of rotatable bonds is 17. The van der Waals surface area contributed by atoms with Gasteiger partial charge in [0.05, 0.1) is 18.6 Å². The highest BCUT2D eigenvalue weighted by Gasteiger charge is 2.59. The Kier molecular flexibility index (Phi) is 14.2. The van der Waals surface area contributed by atoms with Gasteiger partial charge in [0.2, 0.25) is 6.54 Å². The minimum atomic E-state index is -5.11. The molecule has 0 aromatic carbocycles. The average Bonchev–Trinajstić information content (AvgIpc) is 3.63. The quantitative estimate of drug-likeness (QED) is 0.134. The highest BCUT2D eigenvalue weighted by molar-refractivity contribution is 7.59. The summed E-state index contributed by atoms with van der Waals surface area (Å²) in [5, 5.41) is 0. The van der Waals surface area contributed by atoms with Gasteiger partial charge in [-0.3, -0.25) is 33.3 Å². The summed E-state index contributed by atoms with van der Waals surface area (Å²) in [6.45, 7) is 17.7. The lowest BCUT2D eigenvalue weighted by Crippen LogP contribution is -2.43. The van der Waals surface area contributed by atoms with Crippen LogP contribution in [0.1, 0.15) is 66.0 Å². The van der Waals surface area contributed by atoms with E-state index in [1.165, 1.54) is 40.5 Å². The molecule has 0 radical (unpaired) electrons. The second-order valence-electron chi connectivity index (χ2n) is 13.9. The molecule has 308 valence electrons. The molecule has 0 bridgehead atoms. The summed E-state index contributed by atoms with van der Waals surface area (Å²) >= 11 is 0. The van der Waals surface area contributed by atoms with Gasteiger partial charge in [-0.15, -0.1) is 0 Å². The molecule has 22 heteroatoms. The molecule has 2 aliphatic rings. The Bertz CT molecular complexity index is 2000. The highest BCUT2D eigenvalue weighted by Crippen LogP contribution is 2.63. The number of alkyl halides is 2. The summed E-state index contributed by atoms with van der Waals surface area (Å²) in [5.41, 5.74) is -7.06. The van der Waals surface area contributed by atoms with Crippen molar-refractivity contribution in [2.24, 2.45) is 0 Å². The number of ether oxygens (including phenoxy) is 4. The summed E-state index contributed by atoms with van der Waals surface area (Å²) in [7, 11) is -4.74. The number of hydrogen-bond acceptors (Lipinski definition) is 13. The molecule has 2 N–H and O–H groups in total. The first-order valence-corrected chi connectivity index (χ1v) is 20.6. The van der Waals surface area contributed by atoms with Crippen LogP contribution in [0, 0.1) is 20.4 Å². The van der Waals surface area contributed by atoms with Crippen LogP contribution in [0.3, 0.4) is 0 Å². The van der Waals surface area contributed by atoms with Gasteiger partial charge >= 0.3 is 17.0 Å². The fourth-order valence-electron chi connectivity index (χ4n) is 6.45. The normalized spacial score (nSPS) is 27.8. The fourth-order valence-corrected chi connectivity index (χ4v) is 9.59. The zero-order valence-electron chi connectivity index (χ0n) is 33.1. The fraction of sp³-hybridized carbons (Fsp3) is 0.727.